The number of aromatic hydroxyl groups is 1. The Morgan fingerprint density at radius 2 is 1.71 bits per heavy atom. The van der Waals surface area contributed by atoms with Crippen molar-refractivity contribution >= 4 is 11.6 Å². The van der Waals surface area contributed by atoms with E-state index in [0.29, 0.717) is 0 Å². The number of carbonyl (C=O) groups is 2. The standard InChI is InChI=1S/C16H16O8/c1-16(23)14(21)10-9(13(20)15(16)22)12(19)8-6(11(10)18)3-5(24-2)4-7(8)17/h3-4,13-15,17,20-23H,1-2H3/t13-,14+,15+,16-/m0/s1. The van der Waals surface area contributed by atoms with Gasteiger partial charge in [0.2, 0.25) is 0 Å². The number of phenolic OH excluding ortho intramolecular Hbond substituents is 1. The van der Waals surface area contributed by atoms with Crippen LogP contribution in [0.2, 0.25) is 0 Å². The number of methoxy groups -OCH3 is 1. The van der Waals surface area contributed by atoms with Crippen LogP contribution in [0.1, 0.15) is 27.6 Å². The maximum absolute atomic E-state index is 12.7. The van der Waals surface area contributed by atoms with Crippen LogP contribution in [-0.2, 0) is 0 Å². The van der Waals surface area contributed by atoms with E-state index in [2.05, 4.69) is 0 Å². The summed E-state index contributed by atoms with van der Waals surface area (Å²) in [5, 5.41) is 50.7. The Morgan fingerprint density at radius 1 is 1.08 bits per heavy atom. The molecule has 0 unspecified atom stereocenters. The fraction of sp³-hybridized carbons (Fsp3) is 0.375. The van der Waals surface area contributed by atoms with Crippen LogP contribution < -0.4 is 4.74 Å². The van der Waals surface area contributed by atoms with Crippen molar-refractivity contribution in [2.75, 3.05) is 7.11 Å². The first-order valence-corrected chi connectivity index (χ1v) is 7.14. The van der Waals surface area contributed by atoms with Gasteiger partial charge in [-0.2, -0.15) is 0 Å². The molecule has 8 nitrogen and oxygen atoms in total. The van der Waals surface area contributed by atoms with Gasteiger partial charge >= 0.3 is 0 Å². The molecule has 128 valence electrons. The number of hydrogen-bond donors (Lipinski definition) is 5. The SMILES string of the molecule is COc1cc(O)c2c(c1)C(=O)C1=C(C2=O)[C@H](O)[C@@H](O)[C@@](C)(O)[C@@H]1O. The van der Waals surface area contributed by atoms with Gasteiger partial charge in [-0.15, -0.1) is 0 Å². The van der Waals surface area contributed by atoms with Gasteiger partial charge in [0.05, 0.1) is 12.7 Å². The first kappa shape index (κ1) is 16.6. The van der Waals surface area contributed by atoms with Gasteiger partial charge in [-0.05, 0) is 13.0 Å². The molecule has 1 aromatic rings. The molecule has 2 aliphatic rings. The van der Waals surface area contributed by atoms with Crippen LogP contribution in [0.25, 0.3) is 0 Å². The number of hydrogen-bond acceptors (Lipinski definition) is 8. The Hall–Kier alpha value is -2.26. The van der Waals surface area contributed by atoms with Crippen LogP contribution in [0.15, 0.2) is 23.3 Å². The van der Waals surface area contributed by atoms with E-state index in [4.69, 9.17) is 4.74 Å². The summed E-state index contributed by atoms with van der Waals surface area (Å²) in [7, 11) is 1.31. The molecule has 5 N–H and O–H groups in total. The lowest BCUT2D eigenvalue weighted by atomic mass is 9.68. The molecule has 0 fully saturated rings. The number of ketones is 2. The Morgan fingerprint density at radius 3 is 2.29 bits per heavy atom. The van der Waals surface area contributed by atoms with Gasteiger partial charge in [0.15, 0.2) is 11.6 Å². The van der Waals surface area contributed by atoms with E-state index >= 15 is 0 Å². The molecule has 0 amide bonds. The summed E-state index contributed by atoms with van der Waals surface area (Å²) in [6, 6.07) is 2.35. The highest BCUT2D eigenvalue weighted by Gasteiger charge is 2.55. The summed E-state index contributed by atoms with van der Waals surface area (Å²) in [5.74, 6) is -2.15. The van der Waals surface area contributed by atoms with Crippen molar-refractivity contribution in [2.24, 2.45) is 0 Å². The van der Waals surface area contributed by atoms with E-state index in [1.807, 2.05) is 0 Å². The third-order valence-corrected chi connectivity index (χ3v) is 4.60. The van der Waals surface area contributed by atoms with Gasteiger partial charge in [-0.3, -0.25) is 9.59 Å². The largest absolute Gasteiger partial charge is 0.507 e. The van der Waals surface area contributed by atoms with Crippen molar-refractivity contribution in [2.45, 2.75) is 30.8 Å². The van der Waals surface area contributed by atoms with Gasteiger partial charge < -0.3 is 30.3 Å². The number of benzene rings is 1. The first-order valence-electron chi connectivity index (χ1n) is 7.14. The third kappa shape index (κ3) is 1.94. The van der Waals surface area contributed by atoms with Gasteiger partial charge in [0.25, 0.3) is 0 Å². The minimum absolute atomic E-state index is 0.120. The Bertz CT molecular complexity index is 792. The van der Waals surface area contributed by atoms with Crippen molar-refractivity contribution in [3.8, 4) is 11.5 Å². The molecule has 24 heavy (non-hydrogen) atoms. The first-order chi connectivity index (χ1) is 11.1. The van der Waals surface area contributed by atoms with E-state index in [-0.39, 0.29) is 16.9 Å². The highest BCUT2D eigenvalue weighted by Crippen LogP contribution is 2.43. The molecule has 0 bridgehead atoms. The van der Waals surface area contributed by atoms with E-state index in [1.54, 1.807) is 0 Å². The van der Waals surface area contributed by atoms with E-state index < -0.39 is 52.4 Å². The zero-order chi connectivity index (χ0) is 18.0. The van der Waals surface area contributed by atoms with Crippen LogP contribution >= 0.6 is 0 Å². The van der Waals surface area contributed by atoms with Crippen molar-refractivity contribution in [1.29, 1.82) is 0 Å². The molecule has 0 spiro atoms. The molecular formula is C16H16O8. The molecule has 0 saturated heterocycles. The minimum Gasteiger partial charge on any atom is -0.507 e. The normalized spacial score (nSPS) is 32.5. The molecule has 4 atom stereocenters. The second-order valence-electron chi connectivity index (χ2n) is 6.07. The quantitative estimate of drug-likeness (QED) is 0.436. The average molecular weight is 336 g/mol. The molecule has 1 aromatic carbocycles. The number of Topliss-reactive ketones (excluding diaryl/α,β-unsaturated/α-hetero) is 2. The predicted molar refractivity (Wildman–Crippen MR) is 79.0 cm³/mol. The topological polar surface area (TPSA) is 145 Å². The Labute approximate surface area is 136 Å². The maximum atomic E-state index is 12.7. The fourth-order valence-corrected chi connectivity index (χ4v) is 3.16. The van der Waals surface area contributed by atoms with Crippen molar-refractivity contribution < 1.29 is 39.9 Å². The molecule has 3 rings (SSSR count). The number of aliphatic hydroxyl groups excluding tert-OH is 3. The second-order valence-corrected chi connectivity index (χ2v) is 6.07. The van der Waals surface area contributed by atoms with E-state index in [9.17, 15) is 35.1 Å². The number of carbonyl (C=O) groups excluding carboxylic acids is 2. The summed E-state index contributed by atoms with van der Waals surface area (Å²) in [6.07, 6.45) is -5.65. The van der Waals surface area contributed by atoms with Crippen molar-refractivity contribution in [1.82, 2.24) is 0 Å². The molecule has 0 heterocycles. The lowest BCUT2D eigenvalue weighted by Gasteiger charge is -2.43. The summed E-state index contributed by atoms with van der Waals surface area (Å²) in [6.45, 7) is 1.05. The number of aliphatic hydroxyl groups is 4. The summed E-state index contributed by atoms with van der Waals surface area (Å²) >= 11 is 0. The number of fused-ring (bicyclic) bond motifs is 1. The molecule has 0 aromatic heterocycles. The van der Waals surface area contributed by atoms with Crippen LogP contribution in [0, 0.1) is 0 Å². The monoisotopic (exact) mass is 336 g/mol. The number of ether oxygens (including phenoxy) is 1. The Balaban J connectivity index is 2.29. The van der Waals surface area contributed by atoms with Crippen LogP contribution in [0.4, 0.5) is 0 Å². The molecular weight excluding hydrogens is 320 g/mol. The van der Waals surface area contributed by atoms with Crippen molar-refractivity contribution in [3.63, 3.8) is 0 Å². The van der Waals surface area contributed by atoms with Crippen LogP contribution in [0.3, 0.4) is 0 Å². The van der Waals surface area contributed by atoms with Crippen LogP contribution in [-0.4, -0.2) is 68.1 Å². The molecule has 2 aliphatic carbocycles. The van der Waals surface area contributed by atoms with Gasteiger partial charge in [0, 0.05) is 22.8 Å². The predicted octanol–water partition coefficient (Wildman–Crippen LogP) is -1.08. The Kier molecular flexibility index (Phi) is 3.54. The second kappa shape index (κ2) is 5.12. The zero-order valence-corrected chi connectivity index (χ0v) is 12.8. The zero-order valence-electron chi connectivity index (χ0n) is 12.8. The minimum atomic E-state index is -2.23. The lowest BCUT2D eigenvalue weighted by Crippen LogP contribution is -2.61. The van der Waals surface area contributed by atoms with Crippen molar-refractivity contribution in [3.05, 3.63) is 34.4 Å². The molecule has 0 saturated carbocycles. The molecule has 0 radical (unpaired) electrons. The fourth-order valence-electron chi connectivity index (χ4n) is 3.16. The smallest absolute Gasteiger partial charge is 0.196 e. The average Bonchev–Trinajstić information content (AvgIpc) is 2.53. The summed E-state index contributed by atoms with van der Waals surface area (Å²) < 4.78 is 4.95. The van der Waals surface area contributed by atoms with Gasteiger partial charge in [0.1, 0.15) is 35.4 Å². The summed E-state index contributed by atoms with van der Waals surface area (Å²) in [5.41, 5.74) is -3.82. The maximum Gasteiger partial charge on any atom is 0.196 e. The van der Waals surface area contributed by atoms with Gasteiger partial charge in [-0.25, -0.2) is 0 Å². The van der Waals surface area contributed by atoms with Crippen LogP contribution in [0.5, 0.6) is 11.5 Å². The lowest BCUT2D eigenvalue weighted by molar-refractivity contribution is -0.158. The van der Waals surface area contributed by atoms with E-state index in [1.165, 1.54) is 13.2 Å². The van der Waals surface area contributed by atoms with E-state index in [0.717, 1.165) is 13.0 Å². The highest BCUT2D eigenvalue weighted by atomic mass is 16.5. The summed E-state index contributed by atoms with van der Waals surface area (Å²) in [4.78, 5) is 25.4. The number of rotatable bonds is 1. The highest BCUT2D eigenvalue weighted by molar-refractivity contribution is 6.29. The number of phenols is 1. The molecule has 8 heteroatoms. The van der Waals surface area contributed by atoms with Gasteiger partial charge in [-0.1, -0.05) is 0 Å². The third-order valence-electron chi connectivity index (χ3n) is 4.60. The molecule has 0 aliphatic heterocycles.